The molecule has 1 saturated heterocycles. The summed E-state index contributed by atoms with van der Waals surface area (Å²) in [4.78, 5) is 21.3. The number of nitrogens with zero attached hydrogens (tertiary/aromatic N) is 4. The van der Waals surface area contributed by atoms with Gasteiger partial charge in [-0.3, -0.25) is 4.79 Å². The number of amides is 1. The molecule has 0 saturated carbocycles. The Labute approximate surface area is 192 Å². The van der Waals surface area contributed by atoms with Crippen LogP contribution in [0.1, 0.15) is 39.5 Å². The molecule has 1 aliphatic heterocycles. The van der Waals surface area contributed by atoms with E-state index in [2.05, 4.69) is 59.5 Å². The molecule has 0 unspecified atom stereocenters. The quantitative estimate of drug-likeness (QED) is 0.412. The molecule has 0 aliphatic carbocycles. The highest BCUT2D eigenvalue weighted by Crippen LogP contribution is 2.33. The van der Waals surface area contributed by atoms with Crippen molar-refractivity contribution in [3.05, 3.63) is 88.8 Å². The number of carbonyl (C=O) groups excluding carboxylic acids is 1. The molecule has 3 heterocycles. The highest BCUT2D eigenvalue weighted by molar-refractivity contribution is 7.15. The van der Waals surface area contributed by atoms with Crippen LogP contribution in [-0.2, 0) is 6.42 Å². The molecule has 5 nitrogen and oxygen atoms in total. The van der Waals surface area contributed by atoms with Gasteiger partial charge in [-0.15, -0.1) is 11.3 Å². The zero-order valence-electron chi connectivity index (χ0n) is 18.4. The normalized spacial score (nSPS) is 15.9. The van der Waals surface area contributed by atoms with Gasteiger partial charge in [0.15, 0.2) is 0 Å². The van der Waals surface area contributed by atoms with Crippen molar-refractivity contribution >= 4 is 17.2 Å². The van der Waals surface area contributed by atoms with Crippen molar-refractivity contribution in [3.8, 4) is 16.1 Å². The largest absolute Gasteiger partial charge is 0.334 e. The van der Waals surface area contributed by atoms with Crippen LogP contribution in [0.2, 0.25) is 0 Å². The molecule has 1 amide bonds. The second-order valence-corrected chi connectivity index (χ2v) is 9.60. The van der Waals surface area contributed by atoms with Crippen molar-refractivity contribution < 1.29 is 4.79 Å². The second kappa shape index (κ2) is 8.71. The lowest BCUT2D eigenvalue weighted by atomic mass is 10.0. The first kappa shape index (κ1) is 20.6. The van der Waals surface area contributed by atoms with Gasteiger partial charge in [-0.1, -0.05) is 42.0 Å². The number of aromatic nitrogens is 3. The topological polar surface area (TPSA) is 51.0 Å². The van der Waals surface area contributed by atoms with E-state index in [-0.39, 0.29) is 11.9 Å². The van der Waals surface area contributed by atoms with Crippen LogP contribution in [0.5, 0.6) is 0 Å². The lowest BCUT2D eigenvalue weighted by Gasteiger charge is -2.25. The molecule has 1 aliphatic rings. The summed E-state index contributed by atoms with van der Waals surface area (Å²) < 4.78 is 1.87. The third-order valence-electron chi connectivity index (χ3n) is 6.01. The molecular weight excluding hydrogens is 416 g/mol. The summed E-state index contributed by atoms with van der Waals surface area (Å²) in [5, 5.41) is 5.26. The van der Waals surface area contributed by atoms with Gasteiger partial charge < -0.3 is 4.90 Å². The zero-order valence-corrected chi connectivity index (χ0v) is 19.2. The van der Waals surface area contributed by atoms with E-state index in [9.17, 15) is 4.79 Å². The molecule has 2 aromatic carbocycles. The predicted molar refractivity (Wildman–Crippen MR) is 128 cm³/mol. The standard InChI is InChI=1S/C26H26N4OS/c1-18-7-3-9-21(15-18)25-24(28-19(2)32-25)26(31)29-13-5-11-22(29)16-20-8-4-10-23(17-20)30-14-6-12-27-30/h3-4,6-10,12,14-15,17,22H,5,11,13,16H2,1-2H3/t22-/m0/s1. The lowest BCUT2D eigenvalue weighted by molar-refractivity contribution is 0.0732. The lowest BCUT2D eigenvalue weighted by Crippen LogP contribution is -2.37. The minimum Gasteiger partial charge on any atom is -0.334 e. The number of benzene rings is 2. The number of carbonyl (C=O) groups is 1. The van der Waals surface area contributed by atoms with E-state index in [0.717, 1.165) is 46.9 Å². The summed E-state index contributed by atoms with van der Waals surface area (Å²) in [6, 6.07) is 18.8. The molecule has 4 aromatic rings. The molecule has 1 fully saturated rings. The smallest absolute Gasteiger partial charge is 0.274 e. The molecule has 0 spiro atoms. The first-order valence-electron chi connectivity index (χ1n) is 11.0. The van der Waals surface area contributed by atoms with Crippen molar-refractivity contribution in [1.29, 1.82) is 0 Å². The molecule has 0 radical (unpaired) electrons. The Morgan fingerprint density at radius 3 is 2.81 bits per heavy atom. The van der Waals surface area contributed by atoms with Gasteiger partial charge in [-0.25, -0.2) is 9.67 Å². The summed E-state index contributed by atoms with van der Waals surface area (Å²) in [6.07, 6.45) is 6.61. The summed E-state index contributed by atoms with van der Waals surface area (Å²) in [6.45, 7) is 4.84. The van der Waals surface area contributed by atoms with Crippen molar-refractivity contribution in [2.45, 2.75) is 39.2 Å². The number of thiazole rings is 1. The van der Waals surface area contributed by atoms with Crippen LogP contribution in [0, 0.1) is 13.8 Å². The van der Waals surface area contributed by atoms with Gasteiger partial charge in [0.05, 0.1) is 15.6 Å². The van der Waals surface area contributed by atoms with E-state index < -0.39 is 0 Å². The maximum Gasteiger partial charge on any atom is 0.274 e. The van der Waals surface area contributed by atoms with Gasteiger partial charge in [0.2, 0.25) is 0 Å². The Hall–Kier alpha value is -3.25. The van der Waals surface area contributed by atoms with Gasteiger partial charge in [-0.2, -0.15) is 5.10 Å². The Morgan fingerprint density at radius 1 is 1.12 bits per heavy atom. The van der Waals surface area contributed by atoms with E-state index in [1.807, 2.05) is 34.8 Å². The number of rotatable bonds is 5. The van der Waals surface area contributed by atoms with E-state index >= 15 is 0 Å². The molecule has 6 heteroatoms. The molecule has 162 valence electrons. The summed E-state index contributed by atoms with van der Waals surface area (Å²) in [7, 11) is 0. The molecule has 5 rings (SSSR count). The Kier molecular flexibility index (Phi) is 5.62. The fourth-order valence-electron chi connectivity index (χ4n) is 4.52. The van der Waals surface area contributed by atoms with Gasteiger partial charge in [0.25, 0.3) is 5.91 Å². The summed E-state index contributed by atoms with van der Waals surface area (Å²) in [5.74, 6) is 0.0524. The maximum atomic E-state index is 13.6. The highest BCUT2D eigenvalue weighted by Gasteiger charge is 2.32. The zero-order chi connectivity index (χ0) is 22.1. The minimum absolute atomic E-state index is 0.0524. The first-order valence-corrected chi connectivity index (χ1v) is 11.8. The van der Waals surface area contributed by atoms with E-state index in [0.29, 0.717) is 5.69 Å². The van der Waals surface area contributed by atoms with Gasteiger partial charge >= 0.3 is 0 Å². The van der Waals surface area contributed by atoms with E-state index in [4.69, 9.17) is 0 Å². The molecule has 2 aromatic heterocycles. The minimum atomic E-state index is 0.0524. The molecular formula is C26H26N4OS. The van der Waals surface area contributed by atoms with Gasteiger partial charge in [0.1, 0.15) is 5.69 Å². The molecule has 0 bridgehead atoms. The van der Waals surface area contributed by atoms with Crippen molar-refractivity contribution in [1.82, 2.24) is 19.7 Å². The Morgan fingerprint density at radius 2 is 2.00 bits per heavy atom. The molecule has 0 N–H and O–H groups in total. The van der Waals surface area contributed by atoms with Crippen LogP contribution < -0.4 is 0 Å². The number of hydrogen-bond donors (Lipinski definition) is 0. The van der Waals surface area contributed by atoms with Crippen molar-refractivity contribution in [2.24, 2.45) is 0 Å². The van der Waals surface area contributed by atoms with Crippen LogP contribution in [-0.4, -0.2) is 38.2 Å². The Bertz CT molecular complexity index is 1240. The SMILES string of the molecule is Cc1cccc(-c2sc(C)nc2C(=O)N2CCC[C@H]2Cc2cccc(-n3cccn3)c2)c1. The summed E-state index contributed by atoms with van der Waals surface area (Å²) in [5.41, 5.74) is 5.11. The van der Waals surface area contributed by atoms with Crippen LogP contribution in [0.15, 0.2) is 67.0 Å². The average Bonchev–Trinajstić information content (AvgIpc) is 3.55. The van der Waals surface area contributed by atoms with Crippen LogP contribution >= 0.6 is 11.3 Å². The molecule has 1 atom stereocenters. The fourth-order valence-corrected chi connectivity index (χ4v) is 5.43. The first-order chi connectivity index (χ1) is 15.6. The van der Waals surface area contributed by atoms with E-state index in [1.165, 1.54) is 11.1 Å². The maximum absolute atomic E-state index is 13.6. The number of hydrogen-bond acceptors (Lipinski definition) is 4. The van der Waals surface area contributed by atoms with Gasteiger partial charge in [-0.05, 0) is 62.4 Å². The van der Waals surface area contributed by atoms with Crippen molar-refractivity contribution in [2.75, 3.05) is 6.54 Å². The molecule has 32 heavy (non-hydrogen) atoms. The summed E-state index contributed by atoms with van der Waals surface area (Å²) >= 11 is 1.60. The van der Waals surface area contributed by atoms with Gasteiger partial charge in [0, 0.05) is 25.0 Å². The van der Waals surface area contributed by atoms with Crippen LogP contribution in [0.25, 0.3) is 16.1 Å². The van der Waals surface area contributed by atoms with Crippen LogP contribution in [0.3, 0.4) is 0 Å². The number of likely N-dealkylation sites (tertiary alicyclic amines) is 1. The number of aryl methyl sites for hydroxylation is 2. The van der Waals surface area contributed by atoms with Crippen molar-refractivity contribution in [3.63, 3.8) is 0 Å². The van der Waals surface area contributed by atoms with Crippen LogP contribution in [0.4, 0.5) is 0 Å². The third-order valence-corrected chi connectivity index (χ3v) is 7.03. The Balaban J connectivity index is 1.40. The monoisotopic (exact) mass is 442 g/mol. The average molecular weight is 443 g/mol. The second-order valence-electron chi connectivity index (χ2n) is 8.40. The predicted octanol–water partition coefficient (Wildman–Crippen LogP) is 5.46. The highest BCUT2D eigenvalue weighted by atomic mass is 32.1. The third kappa shape index (κ3) is 4.10. The van der Waals surface area contributed by atoms with E-state index in [1.54, 1.807) is 17.5 Å². The fraction of sp³-hybridized carbons (Fsp3) is 0.269.